The van der Waals surface area contributed by atoms with E-state index in [1.807, 2.05) is 0 Å². The first kappa shape index (κ1) is 28.1. The summed E-state index contributed by atoms with van der Waals surface area (Å²) in [5.74, 6) is -2.38. The number of carbonyl (C=O) groups excluding carboxylic acids is 3. The molecular formula is C22H20Cl3FN6O5. The van der Waals surface area contributed by atoms with Crippen LogP contribution in [0.4, 0.5) is 20.7 Å². The molecule has 2 N–H and O–H groups in total. The van der Waals surface area contributed by atoms with E-state index >= 15 is 0 Å². The lowest BCUT2D eigenvalue weighted by atomic mass is 10.2. The van der Waals surface area contributed by atoms with Crippen LogP contribution < -0.4 is 15.5 Å². The first-order chi connectivity index (χ1) is 17.6. The van der Waals surface area contributed by atoms with Crippen molar-refractivity contribution < 1.29 is 28.2 Å². The zero-order valence-corrected chi connectivity index (χ0v) is 21.7. The van der Waals surface area contributed by atoms with Crippen molar-refractivity contribution in [2.24, 2.45) is 0 Å². The van der Waals surface area contributed by atoms with Gasteiger partial charge in [-0.05, 0) is 31.3 Å². The normalized spacial score (nSPS) is 10.6. The molecule has 37 heavy (non-hydrogen) atoms. The molecule has 0 spiro atoms. The number of likely N-dealkylation sites (N-methyl/N-ethyl adjacent to an activating group) is 1. The number of anilines is 2. The summed E-state index contributed by atoms with van der Waals surface area (Å²) in [6.07, 6.45) is 0.544. The van der Waals surface area contributed by atoms with Gasteiger partial charge in [-0.3, -0.25) is 14.5 Å². The van der Waals surface area contributed by atoms with Gasteiger partial charge in [-0.15, -0.1) is 0 Å². The van der Waals surface area contributed by atoms with Crippen LogP contribution in [-0.2, 0) is 27.6 Å². The predicted octanol–water partition coefficient (Wildman–Crippen LogP) is 4.12. The third kappa shape index (κ3) is 7.07. The van der Waals surface area contributed by atoms with Gasteiger partial charge in [-0.2, -0.15) is 5.10 Å². The topological polar surface area (TPSA) is 128 Å². The minimum absolute atomic E-state index is 0.0153. The summed E-state index contributed by atoms with van der Waals surface area (Å²) < 4.78 is 25.7. The van der Waals surface area contributed by atoms with Crippen LogP contribution in [0.1, 0.15) is 16.1 Å². The molecule has 0 aliphatic rings. The Labute approximate surface area is 225 Å². The fourth-order valence-electron chi connectivity index (χ4n) is 2.92. The Bertz CT molecular complexity index is 1320. The summed E-state index contributed by atoms with van der Waals surface area (Å²) in [5.41, 5.74) is -0.0257. The van der Waals surface area contributed by atoms with Crippen LogP contribution in [0.2, 0.25) is 15.2 Å². The predicted molar refractivity (Wildman–Crippen MR) is 134 cm³/mol. The van der Waals surface area contributed by atoms with Crippen LogP contribution in [0.25, 0.3) is 0 Å². The van der Waals surface area contributed by atoms with Crippen LogP contribution in [0.3, 0.4) is 0 Å². The summed E-state index contributed by atoms with van der Waals surface area (Å²) >= 11 is 17.8. The number of carbonyl (C=O) groups is 3. The molecule has 0 saturated heterocycles. The van der Waals surface area contributed by atoms with Gasteiger partial charge in [0, 0.05) is 23.8 Å². The lowest BCUT2D eigenvalue weighted by molar-refractivity contribution is -0.143. The molecule has 0 saturated carbocycles. The van der Waals surface area contributed by atoms with Gasteiger partial charge in [0.15, 0.2) is 23.4 Å². The van der Waals surface area contributed by atoms with E-state index in [0.29, 0.717) is 10.6 Å². The number of pyridine rings is 1. The van der Waals surface area contributed by atoms with Gasteiger partial charge >= 0.3 is 12.1 Å². The molecule has 3 rings (SSSR count). The lowest BCUT2D eigenvalue weighted by Crippen LogP contribution is -2.30. The zero-order valence-electron chi connectivity index (χ0n) is 19.4. The van der Waals surface area contributed by atoms with Gasteiger partial charge in [0.05, 0.1) is 17.3 Å². The summed E-state index contributed by atoms with van der Waals surface area (Å²) in [6.45, 7) is -0.734. The summed E-state index contributed by atoms with van der Waals surface area (Å²) in [4.78, 5) is 41.9. The maximum absolute atomic E-state index is 14.6. The number of benzene rings is 1. The summed E-state index contributed by atoms with van der Waals surface area (Å²) in [7, 11) is 2.98. The van der Waals surface area contributed by atoms with Crippen LogP contribution in [0.5, 0.6) is 0 Å². The first-order valence-electron chi connectivity index (χ1n) is 10.4. The maximum Gasteiger partial charge on any atom is 0.417 e. The van der Waals surface area contributed by atoms with Crippen molar-refractivity contribution in [1.82, 2.24) is 20.1 Å². The number of ether oxygens (including phenoxy) is 2. The van der Waals surface area contributed by atoms with Gasteiger partial charge < -0.3 is 20.1 Å². The molecule has 15 heteroatoms. The Morgan fingerprint density at radius 1 is 1.16 bits per heavy atom. The van der Waals surface area contributed by atoms with E-state index in [1.54, 1.807) is 19.2 Å². The monoisotopic (exact) mass is 572 g/mol. The van der Waals surface area contributed by atoms with E-state index in [-0.39, 0.29) is 29.7 Å². The average Bonchev–Trinajstić information content (AvgIpc) is 3.16. The van der Waals surface area contributed by atoms with Gasteiger partial charge in [-0.25, -0.2) is 18.9 Å². The van der Waals surface area contributed by atoms with Gasteiger partial charge in [0.25, 0.3) is 5.91 Å². The van der Waals surface area contributed by atoms with Crippen molar-refractivity contribution >= 4 is 64.3 Å². The highest BCUT2D eigenvalue weighted by Gasteiger charge is 2.25. The number of halogens is 4. The number of aromatic nitrogens is 3. The van der Waals surface area contributed by atoms with Crippen molar-refractivity contribution in [3.8, 4) is 0 Å². The number of nitrogens with zero attached hydrogens (tertiary/aromatic N) is 4. The fraction of sp³-hybridized carbons (Fsp3) is 0.227. The third-order valence-corrected chi connectivity index (χ3v) is 5.62. The minimum Gasteiger partial charge on any atom is -0.460 e. The molecule has 11 nitrogen and oxygen atoms in total. The number of hydrogen-bond acceptors (Lipinski definition) is 8. The minimum atomic E-state index is -1.12. The average molecular weight is 574 g/mol. The van der Waals surface area contributed by atoms with E-state index in [1.165, 1.54) is 31.4 Å². The molecule has 1 aromatic carbocycles. The van der Waals surface area contributed by atoms with Gasteiger partial charge in [-0.1, -0.05) is 40.9 Å². The summed E-state index contributed by atoms with van der Waals surface area (Å²) in [6, 6.07) is 7.55. The van der Waals surface area contributed by atoms with Crippen LogP contribution in [-0.4, -0.2) is 53.4 Å². The van der Waals surface area contributed by atoms with Crippen LogP contribution in [0.15, 0.2) is 36.5 Å². The number of amides is 2. The Morgan fingerprint density at radius 2 is 1.92 bits per heavy atom. The quantitative estimate of drug-likeness (QED) is 0.366. The third-order valence-electron chi connectivity index (χ3n) is 4.71. The van der Waals surface area contributed by atoms with Crippen molar-refractivity contribution in [3.05, 3.63) is 68.8 Å². The first-order valence-corrected chi connectivity index (χ1v) is 11.6. The standard InChI is InChI=1S/C22H20Cl3FN6O5/c1-27-9-16(33)36-10-12-4-3-7-28-20(12)31(2)22(35)37-11-32-19(25)17(26)18(30-32)21(34)29-15-6-5-13(23)8-14(15)24/h3-8,27H,9-11H2,1-2H3,(H,29,34). The zero-order chi connectivity index (χ0) is 27.1. The smallest absolute Gasteiger partial charge is 0.417 e. The second-order valence-electron chi connectivity index (χ2n) is 7.31. The Balaban J connectivity index is 1.67. The second-order valence-corrected chi connectivity index (χ2v) is 8.51. The SMILES string of the molecule is CNCC(=O)OCc1cccnc1N(C)C(=O)OCn1nc(C(=O)Nc2ccc(Cl)cc2Cl)c(F)c1Cl. The largest absolute Gasteiger partial charge is 0.460 e. The van der Waals surface area contributed by atoms with E-state index < -0.39 is 41.4 Å². The molecule has 0 aliphatic carbocycles. The van der Waals surface area contributed by atoms with Crippen LogP contribution in [0, 0.1) is 5.82 Å². The summed E-state index contributed by atoms with van der Waals surface area (Å²) in [5, 5.41) is 8.79. The lowest BCUT2D eigenvalue weighted by Gasteiger charge is -2.19. The van der Waals surface area contributed by atoms with E-state index in [4.69, 9.17) is 44.3 Å². The Morgan fingerprint density at radius 3 is 2.62 bits per heavy atom. The highest BCUT2D eigenvalue weighted by Crippen LogP contribution is 2.27. The van der Waals surface area contributed by atoms with Crippen molar-refractivity contribution in [3.63, 3.8) is 0 Å². The molecule has 2 amide bonds. The Hall–Kier alpha value is -3.45. The molecule has 0 fully saturated rings. The number of esters is 1. The van der Waals surface area contributed by atoms with E-state index in [0.717, 1.165) is 9.58 Å². The van der Waals surface area contributed by atoms with Crippen molar-refractivity contribution in [2.75, 3.05) is 30.9 Å². The van der Waals surface area contributed by atoms with E-state index in [2.05, 4.69) is 20.7 Å². The Kier molecular flexibility index (Phi) is 9.64. The molecule has 2 aromatic heterocycles. The molecule has 0 radical (unpaired) electrons. The fourth-order valence-corrected chi connectivity index (χ4v) is 3.55. The number of nitrogens with one attached hydrogen (secondary N) is 2. The highest BCUT2D eigenvalue weighted by atomic mass is 35.5. The number of hydrogen-bond donors (Lipinski definition) is 2. The molecule has 0 aliphatic heterocycles. The molecule has 3 aromatic rings. The maximum atomic E-state index is 14.6. The molecule has 0 unspecified atom stereocenters. The molecule has 0 atom stereocenters. The van der Waals surface area contributed by atoms with Crippen LogP contribution >= 0.6 is 34.8 Å². The molecule has 0 bridgehead atoms. The van der Waals surface area contributed by atoms with Gasteiger partial charge in [0.1, 0.15) is 12.4 Å². The van der Waals surface area contributed by atoms with Gasteiger partial charge in [0.2, 0.25) is 0 Å². The van der Waals surface area contributed by atoms with Crippen molar-refractivity contribution in [2.45, 2.75) is 13.3 Å². The highest BCUT2D eigenvalue weighted by molar-refractivity contribution is 6.37. The van der Waals surface area contributed by atoms with E-state index in [9.17, 15) is 18.8 Å². The number of rotatable bonds is 9. The van der Waals surface area contributed by atoms with Crippen molar-refractivity contribution in [1.29, 1.82) is 0 Å². The molecule has 196 valence electrons. The molecular weight excluding hydrogens is 554 g/mol. The second kappa shape index (κ2) is 12.7. The molecule has 2 heterocycles.